The molecule has 106 valence electrons. The smallest absolute Gasteiger partial charge is 0.270 e. The molecule has 0 amide bonds. The molecule has 3 aromatic heterocycles. The summed E-state index contributed by atoms with van der Waals surface area (Å²) in [6, 6.07) is 7.16. The third-order valence-electron chi connectivity index (χ3n) is 3.13. The molecule has 0 radical (unpaired) electrons. The monoisotopic (exact) mass is 283 g/mol. The topological polar surface area (TPSA) is 76.6 Å². The zero-order valence-corrected chi connectivity index (χ0v) is 11.4. The minimum atomic E-state index is -0.388. The lowest BCUT2D eigenvalue weighted by molar-refractivity contribution is 0.112. The van der Waals surface area contributed by atoms with Gasteiger partial charge in [-0.05, 0) is 30.7 Å². The summed E-state index contributed by atoms with van der Waals surface area (Å²) >= 11 is 0. The first-order valence-corrected chi connectivity index (χ1v) is 6.43. The summed E-state index contributed by atoms with van der Waals surface area (Å²) in [4.78, 5) is 27.9. The van der Waals surface area contributed by atoms with E-state index < -0.39 is 0 Å². The largest absolute Gasteiger partial charge is 0.467 e. The molecule has 0 saturated carbocycles. The molecular formula is C15H13N3O3. The van der Waals surface area contributed by atoms with Gasteiger partial charge in [-0.2, -0.15) is 0 Å². The van der Waals surface area contributed by atoms with Crippen molar-refractivity contribution in [3.05, 3.63) is 64.0 Å². The zero-order chi connectivity index (χ0) is 14.8. The van der Waals surface area contributed by atoms with E-state index in [1.54, 1.807) is 30.7 Å². The summed E-state index contributed by atoms with van der Waals surface area (Å²) < 4.78 is 6.57. The van der Waals surface area contributed by atoms with Crippen molar-refractivity contribution in [3.8, 4) is 0 Å². The Morgan fingerprint density at radius 2 is 2.24 bits per heavy atom. The number of furan rings is 1. The highest BCUT2D eigenvalue weighted by molar-refractivity contribution is 5.82. The van der Waals surface area contributed by atoms with Gasteiger partial charge in [-0.25, -0.2) is 4.98 Å². The number of hydrogen-bond donors (Lipinski definition) is 1. The third-order valence-corrected chi connectivity index (χ3v) is 3.13. The number of carbonyl (C=O) groups is 1. The van der Waals surface area contributed by atoms with Crippen molar-refractivity contribution in [2.24, 2.45) is 0 Å². The Balaban J connectivity index is 2.07. The van der Waals surface area contributed by atoms with Crippen molar-refractivity contribution in [1.29, 1.82) is 0 Å². The fraction of sp³-hybridized carbons (Fsp3) is 0.133. The Labute approximate surface area is 120 Å². The van der Waals surface area contributed by atoms with Crippen LogP contribution in [0.3, 0.4) is 0 Å². The number of aromatic nitrogens is 2. The summed E-state index contributed by atoms with van der Waals surface area (Å²) in [5.41, 5.74) is 1.02. The van der Waals surface area contributed by atoms with Gasteiger partial charge in [0.1, 0.15) is 22.8 Å². The molecular weight excluding hydrogens is 270 g/mol. The van der Waals surface area contributed by atoms with Gasteiger partial charge in [-0.15, -0.1) is 0 Å². The maximum absolute atomic E-state index is 12.3. The first-order chi connectivity index (χ1) is 10.2. The number of fused-ring (bicyclic) bond motifs is 1. The second kappa shape index (κ2) is 5.24. The zero-order valence-electron chi connectivity index (χ0n) is 11.4. The van der Waals surface area contributed by atoms with Gasteiger partial charge in [0.2, 0.25) is 0 Å². The van der Waals surface area contributed by atoms with Crippen molar-refractivity contribution >= 4 is 17.8 Å². The van der Waals surface area contributed by atoms with E-state index in [1.165, 1.54) is 4.40 Å². The number of carbonyl (C=O) groups excluding carboxylic acids is 1. The maximum Gasteiger partial charge on any atom is 0.270 e. The van der Waals surface area contributed by atoms with E-state index in [1.807, 2.05) is 13.0 Å². The lowest BCUT2D eigenvalue weighted by Crippen LogP contribution is -2.22. The molecule has 0 spiro atoms. The molecule has 6 nitrogen and oxygen atoms in total. The number of aldehydes is 1. The molecule has 21 heavy (non-hydrogen) atoms. The highest BCUT2D eigenvalue weighted by Gasteiger charge is 2.12. The summed E-state index contributed by atoms with van der Waals surface area (Å²) in [6.07, 6.45) is 3.74. The number of nitrogens with one attached hydrogen (secondary N) is 1. The van der Waals surface area contributed by atoms with Crippen LogP contribution in [0.2, 0.25) is 0 Å². The van der Waals surface area contributed by atoms with E-state index in [4.69, 9.17) is 4.42 Å². The van der Waals surface area contributed by atoms with Gasteiger partial charge in [0.25, 0.3) is 5.56 Å². The average molecular weight is 283 g/mol. The fourth-order valence-electron chi connectivity index (χ4n) is 2.08. The standard InChI is InChI=1S/C15H13N3O3/c1-10-4-5-13-17-14(16-7-11-3-2-6-21-11)12(9-19)15(20)18(13)8-10/h2-6,8-9,16H,7H2,1H3. The SMILES string of the molecule is Cc1ccc2nc(NCc3ccco3)c(C=O)c(=O)n2c1. The van der Waals surface area contributed by atoms with Gasteiger partial charge in [-0.3, -0.25) is 14.0 Å². The molecule has 0 aliphatic carbocycles. The van der Waals surface area contributed by atoms with Crippen molar-refractivity contribution in [2.75, 3.05) is 5.32 Å². The van der Waals surface area contributed by atoms with Gasteiger partial charge in [-0.1, -0.05) is 6.07 Å². The highest BCUT2D eigenvalue weighted by atomic mass is 16.3. The predicted molar refractivity (Wildman–Crippen MR) is 77.6 cm³/mol. The summed E-state index contributed by atoms with van der Waals surface area (Å²) in [7, 11) is 0. The van der Waals surface area contributed by atoms with E-state index in [2.05, 4.69) is 10.3 Å². The molecule has 0 aliphatic heterocycles. The number of rotatable bonds is 4. The lowest BCUT2D eigenvalue weighted by Gasteiger charge is -2.09. The van der Waals surface area contributed by atoms with Gasteiger partial charge in [0.05, 0.1) is 12.8 Å². The van der Waals surface area contributed by atoms with Crippen molar-refractivity contribution in [1.82, 2.24) is 9.38 Å². The van der Waals surface area contributed by atoms with Crippen LogP contribution in [0.4, 0.5) is 5.82 Å². The van der Waals surface area contributed by atoms with Crippen molar-refractivity contribution in [3.63, 3.8) is 0 Å². The first kappa shape index (κ1) is 13.1. The number of aryl methyl sites for hydroxylation is 1. The predicted octanol–water partition coefficient (Wildman–Crippen LogP) is 2.02. The van der Waals surface area contributed by atoms with Crippen molar-refractivity contribution in [2.45, 2.75) is 13.5 Å². The molecule has 3 heterocycles. The quantitative estimate of drug-likeness (QED) is 0.741. The molecule has 3 aromatic rings. The van der Waals surface area contributed by atoms with Crippen LogP contribution >= 0.6 is 0 Å². The highest BCUT2D eigenvalue weighted by Crippen LogP contribution is 2.11. The molecule has 0 bridgehead atoms. The molecule has 6 heteroatoms. The van der Waals surface area contributed by atoms with E-state index in [9.17, 15) is 9.59 Å². The Kier molecular flexibility index (Phi) is 3.27. The summed E-state index contributed by atoms with van der Waals surface area (Å²) in [6.45, 7) is 2.22. The Bertz CT molecular complexity index is 850. The Morgan fingerprint density at radius 1 is 1.38 bits per heavy atom. The van der Waals surface area contributed by atoms with Crippen LogP contribution in [0.15, 0.2) is 45.9 Å². The molecule has 0 aliphatic rings. The third kappa shape index (κ3) is 2.43. The summed E-state index contributed by atoms with van der Waals surface area (Å²) in [5, 5.41) is 2.96. The molecule has 1 N–H and O–H groups in total. The van der Waals surface area contributed by atoms with Crippen LogP contribution in [-0.2, 0) is 6.54 Å². The van der Waals surface area contributed by atoms with Crippen LogP contribution in [-0.4, -0.2) is 15.7 Å². The van der Waals surface area contributed by atoms with Gasteiger partial charge in [0.15, 0.2) is 6.29 Å². The van der Waals surface area contributed by atoms with E-state index in [0.29, 0.717) is 24.2 Å². The van der Waals surface area contributed by atoms with E-state index >= 15 is 0 Å². The number of pyridine rings is 1. The molecule has 0 unspecified atom stereocenters. The Hall–Kier alpha value is -2.89. The van der Waals surface area contributed by atoms with Crippen LogP contribution in [0, 0.1) is 6.92 Å². The summed E-state index contributed by atoms with van der Waals surface area (Å²) in [5.74, 6) is 0.952. The van der Waals surface area contributed by atoms with Crippen LogP contribution < -0.4 is 10.9 Å². The number of hydrogen-bond acceptors (Lipinski definition) is 5. The first-order valence-electron chi connectivity index (χ1n) is 6.43. The second-order valence-corrected chi connectivity index (χ2v) is 4.66. The lowest BCUT2D eigenvalue weighted by atomic mass is 10.2. The van der Waals surface area contributed by atoms with Gasteiger partial charge in [0, 0.05) is 6.20 Å². The molecule has 0 atom stereocenters. The van der Waals surface area contributed by atoms with Crippen LogP contribution in [0.25, 0.3) is 5.65 Å². The number of nitrogens with zero attached hydrogens (tertiary/aromatic N) is 2. The number of anilines is 1. The minimum absolute atomic E-state index is 0.00431. The van der Waals surface area contributed by atoms with Gasteiger partial charge >= 0.3 is 0 Å². The van der Waals surface area contributed by atoms with E-state index in [0.717, 1.165) is 5.56 Å². The fourth-order valence-corrected chi connectivity index (χ4v) is 2.08. The maximum atomic E-state index is 12.3. The average Bonchev–Trinajstić information content (AvgIpc) is 2.99. The molecule has 0 fully saturated rings. The molecule has 3 rings (SSSR count). The second-order valence-electron chi connectivity index (χ2n) is 4.66. The molecule has 0 aromatic carbocycles. The van der Waals surface area contributed by atoms with Crippen LogP contribution in [0.1, 0.15) is 21.7 Å². The Morgan fingerprint density at radius 3 is 2.95 bits per heavy atom. The van der Waals surface area contributed by atoms with Crippen LogP contribution in [0.5, 0.6) is 0 Å². The van der Waals surface area contributed by atoms with Gasteiger partial charge < -0.3 is 9.73 Å². The normalized spacial score (nSPS) is 10.7. The minimum Gasteiger partial charge on any atom is -0.467 e. The molecule has 0 saturated heterocycles. The van der Waals surface area contributed by atoms with Crippen molar-refractivity contribution < 1.29 is 9.21 Å². The van der Waals surface area contributed by atoms with E-state index in [-0.39, 0.29) is 16.9 Å².